The zero-order chi connectivity index (χ0) is 30.0. The molecule has 0 aliphatic carbocycles. The number of hydrogen-bond donors (Lipinski definition) is 1. The van der Waals surface area contributed by atoms with Crippen LogP contribution in [0, 0.1) is 0 Å². The van der Waals surface area contributed by atoms with E-state index in [1.807, 2.05) is 69.0 Å². The summed E-state index contributed by atoms with van der Waals surface area (Å²) in [5, 5.41) is 2.83. The highest BCUT2D eigenvalue weighted by atomic mass is 16.6. The molecule has 1 unspecified atom stereocenters. The lowest BCUT2D eigenvalue weighted by Crippen LogP contribution is -2.49. The van der Waals surface area contributed by atoms with Crippen molar-refractivity contribution in [2.75, 3.05) is 45.4 Å². The number of urea groups is 1. The van der Waals surface area contributed by atoms with Crippen LogP contribution < -0.4 is 24.4 Å². The third-order valence-electron chi connectivity index (χ3n) is 6.97. The van der Waals surface area contributed by atoms with Gasteiger partial charge in [-0.25, -0.2) is 9.59 Å². The summed E-state index contributed by atoms with van der Waals surface area (Å²) in [7, 11) is 3.26. The molecule has 1 N–H and O–H groups in total. The highest BCUT2D eigenvalue weighted by molar-refractivity contribution is 5.93. The summed E-state index contributed by atoms with van der Waals surface area (Å²) >= 11 is 0. The minimum atomic E-state index is -0.544. The Morgan fingerprint density at radius 1 is 1.00 bits per heavy atom. The second-order valence-electron chi connectivity index (χ2n) is 11.5. The van der Waals surface area contributed by atoms with Crippen LogP contribution in [-0.4, -0.2) is 63.1 Å². The smallest absolute Gasteiger partial charge is 0.407 e. The van der Waals surface area contributed by atoms with Gasteiger partial charge in [0.25, 0.3) is 0 Å². The van der Waals surface area contributed by atoms with Crippen molar-refractivity contribution in [2.45, 2.75) is 78.4 Å². The van der Waals surface area contributed by atoms with Crippen LogP contribution >= 0.6 is 0 Å². The molecule has 2 aromatic carbocycles. The molecule has 3 amide bonds. The van der Waals surface area contributed by atoms with Crippen molar-refractivity contribution in [3.63, 3.8) is 0 Å². The van der Waals surface area contributed by atoms with Crippen LogP contribution in [0.3, 0.4) is 0 Å². The molecule has 9 heteroatoms. The standard InChI is InChI=1S/C32H47N3O6/c1-8-9-10-18-40-29-20-26(14-15-27(29)38-6)35-17-11-16-34(31(35)37)22-25-13-12-24(19-28(25)39-7)23(2)21-33-30(36)41-32(3,4)5/h12-15,19-20,23H,8-11,16-18,21-22H2,1-7H3,(H,33,36). The number of carbonyl (C=O) groups excluding carboxylic acids is 2. The molecule has 1 aliphatic heterocycles. The van der Waals surface area contributed by atoms with Crippen molar-refractivity contribution < 1.29 is 28.5 Å². The Labute approximate surface area is 245 Å². The average Bonchev–Trinajstić information content (AvgIpc) is 2.94. The summed E-state index contributed by atoms with van der Waals surface area (Å²) in [6.45, 7) is 12.5. The maximum Gasteiger partial charge on any atom is 0.407 e. The van der Waals surface area contributed by atoms with Gasteiger partial charge < -0.3 is 29.2 Å². The average molecular weight is 570 g/mol. The number of unbranched alkanes of at least 4 members (excludes halogenated alkanes) is 2. The molecule has 1 atom stereocenters. The van der Waals surface area contributed by atoms with E-state index in [1.165, 1.54) is 0 Å². The van der Waals surface area contributed by atoms with Gasteiger partial charge in [0.05, 0.1) is 27.4 Å². The van der Waals surface area contributed by atoms with Crippen LogP contribution in [0.25, 0.3) is 0 Å². The van der Waals surface area contributed by atoms with Crippen LogP contribution in [0.1, 0.15) is 77.3 Å². The van der Waals surface area contributed by atoms with E-state index in [0.717, 1.165) is 42.5 Å². The minimum absolute atomic E-state index is 0.0473. The Bertz CT molecular complexity index is 1160. The molecule has 3 rings (SSSR count). The molecule has 0 radical (unpaired) electrons. The van der Waals surface area contributed by atoms with Crippen molar-refractivity contribution in [1.29, 1.82) is 0 Å². The molecular weight excluding hydrogens is 522 g/mol. The number of rotatable bonds is 13. The fraction of sp³-hybridized carbons (Fsp3) is 0.562. The first kappa shape index (κ1) is 31.9. The number of alkyl carbamates (subject to hydrolysis) is 1. The van der Waals surface area contributed by atoms with E-state index in [2.05, 4.69) is 12.2 Å². The summed E-state index contributed by atoms with van der Waals surface area (Å²) in [6, 6.07) is 11.6. The number of hydrogen-bond acceptors (Lipinski definition) is 6. The summed E-state index contributed by atoms with van der Waals surface area (Å²) in [5.41, 5.74) is 2.20. The molecule has 2 aromatic rings. The highest BCUT2D eigenvalue weighted by Gasteiger charge is 2.28. The monoisotopic (exact) mass is 569 g/mol. The first-order valence-electron chi connectivity index (χ1n) is 14.6. The molecule has 0 aromatic heterocycles. The molecule has 1 heterocycles. The molecule has 1 saturated heterocycles. The van der Waals surface area contributed by atoms with Gasteiger partial charge in [0, 0.05) is 37.0 Å². The van der Waals surface area contributed by atoms with E-state index in [4.69, 9.17) is 18.9 Å². The largest absolute Gasteiger partial charge is 0.496 e. The number of methoxy groups -OCH3 is 2. The molecule has 0 saturated carbocycles. The molecule has 9 nitrogen and oxygen atoms in total. The lowest BCUT2D eigenvalue weighted by Gasteiger charge is -2.36. The number of benzene rings is 2. The van der Waals surface area contributed by atoms with Crippen molar-refractivity contribution in [2.24, 2.45) is 0 Å². The summed E-state index contributed by atoms with van der Waals surface area (Å²) in [4.78, 5) is 29.3. The molecule has 0 spiro atoms. The normalized spacial score (nSPS) is 14.5. The Morgan fingerprint density at radius 3 is 2.44 bits per heavy atom. The van der Waals surface area contributed by atoms with E-state index < -0.39 is 11.7 Å². The zero-order valence-corrected chi connectivity index (χ0v) is 25.7. The molecule has 226 valence electrons. The van der Waals surface area contributed by atoms with Crippen LogP contribution in [0.15, 0.2) is 36.4 Å². The van der Waals surface area contributed by atoms with E-state index in [9.17, 15) is 9.59 Å². The van der Waals surface area contributed by atoms with Crippen LogP contribution in [0.4, 0.5) is 15.3 Å². The van der Waals surface area contributed by atoms with Crippen molar-refractivity contribution in [3.8, 4) is 17.2 Å². The number of nitrogens with one attached hydrogen (secondary N) is 1. The maximum absolute atomic E-state index is 13.6. The summed E-state index contributed by atoms with van der Waals surface area (Å²) in [6.07, 6.45) is 3.61. The van der Waals surface area contributed by atoms with Crippen molar-refractivity contribution >= 4 is 17.8 Å². The fourth-order valence-corrected chi connectivity index (χ4v) is 4.72. The number of ether oxygens (including phenoxy) is 4. The van der Waals surface area contributed by atoms with Crippen molar-refractivity contribution in [3.05, 3.63) is 47.5 Å². The molecular formula is C32H47N3O6. The van der Waals surface area contributed by atoms with Crippen LogP contribution in [-0.2, 0) is 11.3 Å². The predicted octanol–water partition coefficient (Wildman–Crippen LogP) is 6.73. The first-order chi connectivity index (χ1) is 19.6. The van der Waals surface area contributed by atoms with Gasteiger partial charge in [0.1, 0.15) is 11.4 Å². The topological polar surface area (TPSA) is 89.6 Å². The Morgan fingerprint density at radius 2 is 1.76 bits per heavy atom. The molecule has 41 heavy (non-hydrogen) atoms. The number of amides is 3. The Balaban J connectivity index is 1.68. The van der Waals surface area contributed by atoms with Gasteiger partial charge in [-0.05, 0) is 63.3 Å². The highest BCUT2D eigenvalue weighted by Crippen LogP contribution is 2.34. The lowest BCUT2D eigenvalue weighted by atomic mass is 9.98. The molecule has 1 fully saturated rings. The summed E-state index contributed by atoms with van der Waals surface area (Å²) in [5.74, 6) is 2.07. The van der Waals surface area contributed by atoms with Gasteiger partial charge in [-0.1, -0.05) is 38.8 Å². The van der Waals surface area contributed by atoms with Crippen LogP contribution in [0.2, 0.25) is 0 Å². The lowest BCUT2D eigenvalue weighted by molar-refractivity contribution is 0.0525. The molecule has 1 aliphatic rings. The number of carbonyl (C=O) groups is 2. The van der Waals surface area contributed by atoms with E-state index >= 15 is 0 Å². The van der Waals surface area contributed by atoms with E-state index in [0.29, 0.717) is 50.0 Å². The van der Waals surface area contributed by atoms with Gasteiger partial charge >= 0.3 is 12.1 Å². The van der Waals surface area contributed by atoms with Gasteiger partial charge in [0.2, 0.25) is 0 Å². The quantitative estimate of drug-likeness (QED) is 0.269. The zero-order valence-electron chi connectivity index (χ0n) is 25.7. The Kier molecular flexibility index (Phi) is 11.6. The second-order valence-corrected chi connectivity index (χ2v) is 11.5. The summed E-state index contributed by atoms with van der Waals surface area (Å²) < 4.78 is 22.6. The minimum Gasteiger partial charge on any atom is -0.496 e. The van der Waals surface area contributed by atoms with Crippen LogP contribution in [0.5, 0.6) is 17.2 Å². The van der Waals surface area contributed by atoms with Gasteiger partial charge in [-0.2, -0.15) is 0 Å². The SMILES string of the molecule is CCCCCOc1cc(N2CCCN(Cc3ccc(C(C)CNC(=O)OC(C)(C)C)cc3OC)C2=O)ccc1OC. The number of nitrogens with zero attached hydrogens (tertiary/aromatic N) is 2. The van der Waals surface area contributed by atoms with Gasteiger partial charge in [0.15, 0.2) is 11.5 Å². The predicted molar refractivity (Wildman–Crippen MR) is 161 cm³/mol. The third-order valence-corrected chi connectivity index (χ3v) is 6.97. The Hall–Kier alpha value is -3.62. The second kappa shape index (κ2) is 14.8. The molecule has 0 bridgehead atoms. The third kappa shape index (κ3) is 9.20. The van der Waals surface area contributed by atoms with Gasteiger partial charge in [-0.15, -0.1) is 0 Å². The fourth-order valence-electron chi connectivity index (χ4n) is 4.72. The number of anilines is 1. The maximum atomic E-state index is 13.6. The van der Waals surface area contributed by atoms with E-state index in [1.54, 1.807) is 19.1 Å². The van der Waals surface area contributed by atoms with Crippen molar-refractivity contribution in [1.82, 2.24) is 10.2 Å². The van der Waals surface area contributed by atoms with E-state index in [-0.39, 0.29) is 11.9 Å². The van der Waals surface area contributed by atoms with Gasteiger partial charge in [-0.3, -0.25) is 4.90 Å². The first-order valence-corrected chi connectivity index (χ1v) is 14.6.